The molecule has 0 unspecified atom stereocenters. The lowest BCUT2D eigenvalue weighted by molar-refractivity contribution is -0.00000538. The van der Waals surface area contributed by atoms with Gasteiger partial charge in [-0.25, -0.2) is 0 Å². The van der Waals surface area contributed by atoms with Crippen LogP contribution >= 0.6 is 0 Å². The van der Waals surface area contributed by atoms with Gasteiger partial charge < -0.3 is 12.4 Å². The average molecular weight is 368 g/mol. The van der Waals surface area contributed by atoms with Crippen LogP contribution in [0, 0.1) is 0 Å². The SMILES string of the molecule is CCCCCCCCCCCCCCC[N+](C)(C)c1ccccc1.[Cl-]. The molecule has 0 aliphatic rings. The fourth-order valence-electron chi connectivity index (χ4n) is 3.49. The number of rotatable bonds is 15. The summed E-state index contributed by atoms with van der Waals surface area (Å²) in [4.78, 5) is 0. The van der Waals surface area contributed by atoms with Crippen molar-refractivity contribution >= 4 is 5.69 Å². The summed E-state index contributed by atoms with van der Waals surface area (Å²) in [6.45, 7) is 3.55. The van der Waals surface area contributed by atoms with E-state index >= 15 is 0 Å². The minimum atomic E-state index is 0. The van der Waals surface area contributed by atoms with Crippen LogP contribution in [0.15, 0.2) is 30.3 Å². The van der Waals surface area contributed by atoms with Gasteiger partial charge in [-0.1, -0.05) is 95.8 Å². The van der Waals surface area contributed by atoms with Crippen LogP contribution in [0.1, 0.15) is 90.4 Å². The molecular weight excluding hydrogens is 326 g/mol. The van der Waals surface area contributed by atoms with Gasteiger partial charge in [0.2, 0.25) is 0 Å². The average Bonchev–Trinajstić information content (AvgIpc) is 2.60. The molecule has 0 amide bonds. The van der Waals surface area contributed by atoms with Gasteiger partial charge in [-0.2, -0.15) is 0 Å². The Morgan fingerprint density at radius 1 is 0.600 bits per heavy atom. The van der Waals surface area contributed by atoms with E-state index in [1.54, 1.807) is 0 Å². The zero-order valence-corrected chi connectivity index (χ0v) is 17.9. The number of halogens is 1. The number of benzene rings is 1. The van der Waals surface area contributed by atoms with Crippen molar-refractivity contribution < 1.29 is 12.4 Å². The minimum Gasteiger partial charge on any atom is -1.00 e. The lowest BCUT2D eigenvalue weighted by Gasteiger charge is -2.29. The fourth-order valence-corrected chi connectivity index (χ4v) is 3.49. The molecule has 146 valence electrons. The van der Waals surface area contributed by atoms with Gasteiger partial charge in [-0.3, -0.25) is 4.48 Å². The lowest BCUT2D eigenvalue weighted by atomic mass is 10.0. The molecule has 0 atom stereocenters. The van der Waals surface area contributed by atoms with Crippen molar-refractivity contribution in [2.45, 2.75) is 90.4 Å². The van der Waals surface area contributed by atoms with E-state index in [2.05, 4.69) is 51.4 Å². The number of quaternary nitrogens is 1. The molecule has 0 aliphatic carbocycles. The van der Waals surface area contributed by atoms with E-state index in [-0.39, 0.29) is 12.4 Å². The molecule has 0 N–H and O–H groups in total. The van der Waals surface area contributed by atoms with E-state index in [0.29, 0.717) is 0 Å². The quantitative estimate of drug-likeness (QED) is 0.319. The molecule has 0 radical (unpaired) electrons. The summed E-state index contributed by atoms with van der Waals surface area (Å²) in [7, 11) is 4.66. The minimum absolute atomic E-state index is 0. The summed E-state index contributed by atoms with van der Waals surface area (Å²) >= 11 is 0. The van der Waals surface area contributed by atoms with Crippen LogP contribution < -0.4 is 16.9 Å². The van der Waals surface area contributed by atoms with Crippen LogP contribution in [0.5, 0.6) is 0 Å². The van der Waals surface area contributed by atoms with Gasteiger partial charge in [-0.15, -0.1) is 0 Å². The fraction of sp³-hybridized carbons (Fsp3) is 0.739. The van der Waals surface area contributed by atoms with Gasteiger partial charge in [-0.05, 0) is 25.0 Å². The Bertz CT molecular complexity index is 388. The number of para-hydroxylation sites is 1. The molecule has 25 heavy (non-hydrogen) atoms. The van der Waals surface area contributed by atoms with E-state index in [1.165, 1.54) is 95.7 Å². The third-order valence-corrected chi connectivity index (χ3v) is 5.28. The van der Waals surface area contributed by atoms with Crippen LogP contribution in [-0.2, 0) is 0 Å². The van der Waals surface area contributed by atoms with Crippen LogP contribution in [0.2, 0.25) is 0 Å². The zero-order valence-electron chi connectivity index (χ0n) is 17.1. The van der Waals surface area contributed by atoms with E-state index in [4.69, 9.17) is 0 Å². The van der Waals surface area contributed by atoms with Gasteiger partial charge in [0.25, 0.3) is 0 Å². The van der Waals surface area contributed by atoms with Crippen molar-refractivity contribution in [3.8, 4) is 0 Å². The third kappa shape index (κ3) is 12.5. The second-order valence-corrected chi connectivity index (χ2v) is 7.99. The zero-order chi connectivity index (χ0) is 17.5. The molecule has 0 saturated carbocycles. The first-order chi connectivity index (χ1) is 11.7. The van der Waals surface area contributed by atoms with Crippen molar-refractivity contribution in [1.82, 2.24) is 4.48 Å². The van der Waals surface area contributed by atoms with Gasteiger partial charge in [0.1, 0.15) is 5.69 Å². The highest BCUT2D eigenvalue weighted by atomic mass is 35.5. The van der Waals surface area contributed by atoms with Gasteiger partial charge in [0.05, 0.1) is 20.6 Å². The van der Waals surface area contributed by atoms with Gasteiger partial charge >= 0.3 is 0 Å². The van der Waals surface area contributed by atoms with Crippen LogP contribution in [-0.4, -0.2) is 20.6 Å². The van der Waals surface area contributed by atoms with E-state index < -0.39 is 0 Å². The Hall–Kier alpha value is -0.530. The first-order valence-electron chi connectivity index (χ1n) is 10.6. The third-order valence-electron chi connectivity index (χ3n) is 5.28. The molecule has 0 aromatic heterocycles. The molecule has 1 aromatic rings. The predicted molar refractivity (Wildman–Crippen MR) is 111 cm³/mol. The lowest BCUT2D eigenvalue weighted by Crippen LogP contribution is -3.00. The van der Waals surface area contributed by atoms with Crippen LogP contribution in [0.3, 0.4) is 0 Å². The maximum absolute atomic E-state index is 2.33. The summed E-state index contributed by atoms with van der Waals surface area (Å²) in [6.07, 6.45) is 18.6. The molecule has 0 fully saturated rings. The van der Waals surface area contributed by atoms with Gasteiger partial charge in [0, 0.05) is 0 Å². The molecule has 1 rings (SSSR count). The molecule has 1 aromatic carbocycles. The molecule has 2 heteroatoms. The first kappa shape index (κ1) is 24.5. The number of hydrogen-bond donors (Lipinski definition) is 0. The first-order valence-corrected chi connectivity index (χ1v) is 10.6. The maximum atomic E-state index is 2.33. The van der Waals surface area contributed by atoms with Crippen molar-refractivity contribution in [3.63, 3.8) is 0 Å². The predicted octanol–water partition coefficient (Wildman–Crippen LogP) is 4.35. The second-order valence-electron chi connectivity index (χ2n) is 7.99. The largest absolute Gasteiger partial charge is 1.00 e. The number of hydrogen-bond acceptors (Lipinski definition) is 0. The summed E-state index contributed by atoms with van der Waals surface area (Å²) in [5, 5.41) is 0. The highest BCUT2D eigenvalue weighted by molar-refractivity contribution is 5.40. The summed E-state index contributed by atoms with van der Waals surface area (Å²) in [5.74, 6) is 0. The molecule has 0 aliphatic heterocycles. The topological polar surface area (TPSA) is 0 Å². The van der Waals surface area contributed by atoms with Crippen molar-refractivity contribution in [3.05, 3.63) is 30.3 Å². The molecule has 0 spiro atoms. The summed E-state index contributed by atoms with van der Waals surface area (Å²) in [5.41, 5.74) is 1.43. The van der Waals surface area contributed by atoms with Crippen LogP contribution in [0.4, 0.5) is 5.69 Å². The summed E-state index contributed by atoms with van der Waals surface area (Å²) < 4.78 is 1.01. The second kappa shape index (κ2) is 15.7. The standard InChI is InChI=1S/C23H42N.ClH/c1-4-5-6-7-8-9-10-11-12-13-14-15-19-22-24(2,3)23-20-17-16-18-21-23;/h16-18,20-21H,4-15,19,22H2,1-3H3;1H/q+1;/p-1. The van der Waals surface area contributed by atoms with E-state index in [1.807, 2.05) is 0 Å². The van der Waals surface area contributed by atoms with E-state index in [9.17, 15) is 0 Å². The number of unbranched alkanes of at least 4 members (excludes halogenated alkanes) is 12. The number of nitrogens with zero attached hydrogens (tertiary/aromatic N) is 1. The Balaban J connectivity index is 0.00000576. The normalized spacial score (nSPS) is 11.3. The molecule has 1 nitrogen and oxygen atoms in total. The molecule has 0 bridgehead atoms. The van der Waals surface area contributed by atoms with Crippen molar-refractivity contribution in [1.29, 1.82) is 0 Å². The van der Waals surface area contributed by atoms with E-state index in [0.717, 1.165) is 4.48 Å². The Labute approximate surface area is 164 Å². The van der Waals surface area contributed by atoms with Crippen molar-refractivity contribution in [2.24, 2.45) is 0 Å². The van der Waals surface area contributed by atoms with Crippen molar-refractivity contribution in [2.75, 3.05) is 20.6 Å². The maximum Gasteiger partial charge on any atom is 0.132 e. The molecule has 0 heterocycles. The summed E-state index contributed by atoms with van der Waals surface area (Å²) in [6, 6.07) is 10.9. The Morgan fingerprint density at radius 3 is 1.44 bits per heavy atom. The monoisotopic (exact) mass is 367 g/mol. The Kier molecular flexibility index (Phi) is 15.4. The highest BCUT2D eigenvalue weighted by Crippen LogP contribution is 2.19. The highest BCUT2D eigenvalue weighted by Gasteiger charge is 2.17. The Morgan fingerprint density at radius 2 is 1.00 bits per heavy atom. The smallest absolute Gasteiger partial charge is 0.132 e. The van der Waals surface area contributed by atoms with Crippen LogP contribution in [0.25, 0.3) is 0 Å². The van der Waals surface area contributed by atoms with Gasteiger partial charge in [0.15, 0.2) is 0 Å². The molecular formula is C23H42ClN. The molecule has 0 saturated heterocycles.